The number of H-pyrrole nitrogens is 1. The van der Waals surface area contributed by atoms with Crippen LogP contribution in [0.3, 0.4) is 0 Å². The van der Waals surface area contributed by atoms with Crippen molar-refractivity contribution >= 4 is 25.5 Å². The molecule has 0 unspecified atom stereocenters. The summed E-state index contributed by atoms with van der Waals surface area (Å²) in [5, 5.41) is 1.23. The van der Waals surface area contributed by atoms with E-state index in [-0.39, 0.29) is 6.85 Å². The molecule has 46 valence electrons. The first kappa shape index (κ1) is 5.71. The maximum absolute atomic E-state index is 4.22. The van der Waals surface area contributed by atoms with Crippen LogP contribution in [0.4, 0.5) is 0 Å². The summed E-state index contributed by atoms with van der Waals surface area (Å²) >= 11 is 0. The van der Waals surface area contributed by atoms with E-state index in [0.717, 1.165) is 0 Å². The molecule has 2 rings (SSSR count). The third-order valence-corrected chi connectivity index (χ3v) is 1.59. The van der Waals surface area contributed by atoms with E-state index in [1.165, 1.54) is 5.36 Å². The van der Waals surface area contributed by atoms with Gasteiger partial charge in [-0.1, -0.05) is 0 Å². The zero-order valence-electron chi connectivity index (χ0n) is 5.49. The van der Waals surface area contributed by atoms with Crippen molar-refractivity contribution in [3.05, 3.63) is 24.3 Å². The van der Waals surface area contributed by atoms with Gasteiger partial charge in [-0.05, 0) is 0 Å². The molecule has 1 aromatic heterocycles. The Morgan fingerprint density at radius 3 is 3.20 bits per heavy atom. The van der Waals surface area contributed by atoms with Gasteiger partial charge in [0.15, 0.2) is 0 Å². The molecule has 0 bridgehead atoms. The van der Waals surface area contributed by atoms with Crippen LogP contribution in [0.2, 0.25) is 0 Å². The Hall–Kier alpha value is -1.05. The summed E-state index contributed by atoms with van der Waals surface area (Å²) in [6.45, 7) is 0.256. The summed E-state index contributed by atoms with van der Waals surface area (Å²) in [6, 6.07) is 2.04. The first-order valence-corrected chi connectivity index (χ1v) is 3.29. The third kappa shape index (κ3) is 0.856. The molecule has 0 spiro atoms. The number of rotatable bonds is 1. The van der Waals surface area contributed by atoms with Gasteiger partial charge in [-0.25, -0.2) is 0 Å². The Kier molecular flexibility index (Phi) is 1.31. The summed E-state index contributed by atoms with van der Waals surface area (Å²) in [5.41, 5.74) is 0. The summed E-state index contributed by atoms with van der Waals surface area (Å²) in [4.78, 5) is 7.22. The molecule has 0 fully saturated rings. The number of allylic oxidation sites excluding steroid dienone is 1. The van der Waals surface area contributed by atoms with Crippen LogP contribution in [0.5, 0.6) is 0 Å². The van der Waals surface area contributed by atoms with E-state index in [4.69, 9.17) is 0 Å². The first-order chi connectivity index (χ1) is 4.97. The monoisotopic (exact) mass is 128 g/mol. The molecule has 2 heterocycles. The molecule has 2 nitrogen and oxygen atoms in total. The molecule has 0 radical (unpaired) electrons. The number of aromatic nitrogens is 1. The fourth-order valence-corrected chi connectivity index (χ4v) is 1.06. The number of nitrogens with one attached hydrogen (secondary N) is 1. The predicted octanol–water partition coefficient (Wildman–Crippen LogP) is -0.269. The Morgan fingerprint density at radius 1 is 1.60 bits per heavy atom. The van der Waals surface area contributed by atoms with E-state index in [2.05, 4.69) is 15.8 Å². The van der Waals surface area contributed by atoms with Crippen LogP contribution in [-0.4, -0.2) is 25.0 Å². The number of hydrogen-bond acceptors (Lipinski definition) is 1. The average Bonchev–Trinajstić information content (AvgIpc) is 2.59. The SMILES string of the molecule is b1[nH]ccc1B1C=CC=N1. The molecule has 1 aliphatic rings. The van der Waals surface area contributed by atoms with E-state index in [0.29, 0.717) is 0 Å². The fraction of sp³-hybridized carbons (Fsp3) is 0. The fourth-order valence-electron chi connectivity index (χ4n) is 1.06. The molecule has 0 atom stereocenters. The predicted molar refractivity (Wildman–Crippen MR) is 45.2 cm³/mol. The van der Waals surface area contributed by atoms with Crippen LogP contribution in [0.1, 0.15) is 0 Å². The molecule has 1 aliphatic heterocycles. The van der Waals surface area contributed by atoms with Crippen molar-refractivity contribution in [1.29, 1.82) is 0 Å². The van der Waals surface area contributed by atoms with Gasteiger partial charge in [-0.2, -0.15) is 0 Å². The molecule has 4 heteroatoms. The van der Waals surface area contributed by atoms with Crippen molar-refractivity contribution in [3.8, 4) is 0 Å². The van der Waals surface area contributed by atoms with Gasteiger partial charge < -0.3 is 0 Å². The van der Waals surface area contributed by atoms with Crippen LogP contribution < -0.4 is 5.36 Å². The topological polar surface area (TPSA) is 28.1 Å². The molecular weight excluding hydrogens is 122 g/mol. The standard InChI is InChI=1S/C6H6B2N2/c1-3-8(10-4-1)6-2-5-9-7-6/h1-5,9H. The molecule has 10 heavy (non-hydrogen) atoms. The van der Waals surface area contributed by atoms with E-state index in [1.807, 2.05) is 31.6 Å². The Morgan fingerprint density at radius 2 is 2.60 bits per heavy atom. The van der Waals surface area contributed by atoms with Crippen molar-refractivity contribution in [2.24, 2.45) is 4.90 Å². The van der Waals surface area contributed by atoms with E-state index < -0.39 is 0 Å². The molecule has 0 saturated carbocycles. The van der Waals surface area contributed by atoms with Crippen LogP contribution in [0, 0.1) is 0 Å². The van der Waals surface area contributed by atoms with Crippen molar-refractivity contribution in [2.45, 2.75) is 0 Å². The molecule has 1 N–H and O–H groups in total. The van der Waals surface area contributed by atoms with Crippen molar-refractivity contribution in [1.82, 2.24) is 4.89 Å². The first-order valence-electron chi connectivity index (χ1n) is 3.29. The van der Waals surface area contributed by atoms with Crippen molar-refractivity contribution < 1.29 is 0 Å². The van der Waals surface area contributed by atoms with Crippen LogP contribution in [-0.2, 0) is 0 Å². The second kappa shape index (κ2) is 2.29. The van der Waals surface area contributed by atoms with Gasteiger partial charge in [0.25, 0.3) is 0 Å². The van der Waals surface area contributed by atoms with Gasteiger partial charge in [0.1, 0.15) is 0 Å². The van der Waals surface area contributed by atoms with Crippen molar-refractivity contribution in [3.63, 3.8) is 0 Å². The summed E-state index contributed by atoms with van der Waals surface area (Å²) < 4.78 is 0. The Balaban J connectivity index is 2.29. The van der Waals surface area contributed by atoms with Crippen LogP contribution >= 0.6 is 0 Å². The van der Waals surface area contributed by atoms with Gasteiger partial charge in [0, 0.05) is 0 Å². The molecule has 0 saturated heterocycles. The average molecular weight is 128 g/mol. The zero-order chi connectivity index (χ0) is 6.81. The van der Waals surface area contributed by atoms with Gasteiger partial charge in [0.2, 0.25) is 0 Å². The van der Waals surface area contributed by atoms with Crippen molar-refractivity contribution in [2.75, 3.05) is 0 Å². The summed E-state index contributed by atoms with van der Waals surface area (Å²) in [5.74, 6) is 2.07. The minimum atomic E-state index is 0.256. The van der Waals surface area contributed by atoms with Gasteiger partial charge in [-0.3, -0.25) is 0 Å². The minimum absolute atomic E-state index is 0.256. The molecule has 0 aliphatic carbocycles. The van der Waals surface area contributed by atoms with Gasteiger partial charge in [-0.15, -0.1) is 0 Å². The number of nitrogens with zero attached hydrogens (tertiary/aromatic N) is 1. The normalized spacial score (nSPS) is 14.6. The molecular formula is C6H6B2N2. The third-order valence-electron chi connectivity index (χ3n) is 1.59. The van der Waals surface area contributed by atoms with Crippen LogP contribution in [0.25, 0.3) is 0 Å². The Labute approximate surface area is 60.4 Å². The molecule has 0 amide bonds. The maximum atomic E-state index is 4.22. The number of aromatic amines is 1. The van der Waals surface area contributed by atoms with E-state index >= 15 is 0 Å². The number of hydrogen-bond donors (Lipinski definition) is 1. The van der Waals surface area contributed by atoms with E-state index in [1.54, 1.807) is 0 Å². The molecule has 1 aromatic rings. The van der Waals surface area contributed by atoms with Gasteiger partial charge >= 0.3 is 59.6 Å². The summed E-state index contributed by atoms with van der Waals surface area (Å²) in [7, 11) is 1.97. The summed E-state index contributed by atoms with van der Waals surface area (Å²) in [6.07, 6.45) is 5.71. The second-order valence-electron chi connectivity index (χ2n) is 2.27. The quantitative estimate of drug-likeness (QED) is 0.504. The van der Waals surface area contributed by atoms with E-state index in [9.17, 15) is 0 Å². The second-order valence-corrected chi connectivity index (χ2v) is 2.27. The van der Waals surface area contributed by atoms with Gasteiger partial charge in [0.05, 0.1) is 0 Å². The molecule has 0 aromatic carbocycles. The van der Waals surface area contributed by atoms with Crippen LogP contribution in [0.15, 0.2) is 29.2 Å². The Bertz CT molecular complexity index is 251. The zero-order valence-corrected chi connectivity index (χ0v) is 5.49.